The number of imidazole rings is 1. The Balaban J connectivity index is 0.00000166. The van der Waals surface area contributed by atoms with E-state index in [4.69, 9.17) is 28.8 Å². The fourth-order valence-electron chi connectivity index (χ4n) is 2.93. The number of benzene rings is 1. The Hall–Kier alpha value is -1.94. The summed E-state index contributed by atoms with van der Waals surface area (Å²) in [6, 6.07) is 8.24. The molecule has 8 nitrogen and oxygen atoms in total. The molecule has 0 spiro atoms. The average molecular weight is 542 g/mol. The Bertz CT molecular complexity index is 983. The van der Waals surface area contributed by atoms with Gasteiger partial charge in [-0.1, -0.05) is 12.1 Å². The summed E-state index contributed by atoms with van der Waals surface area (Å²) in [5, 5.41) is 3.95. The Kier molecular flexibility index (Phi) is 10.5. The van der Waals surface area contributed by atoms with Gasteiger partial charge in [0.1, 0.15) is 0 Å². The molecule has 1 aromatic carbocycles. The van der Waals surface area contributed by atoms with Crippen molar-refractivity contribution in [3.8, 4) is 11.3 Å². The number of aromatic nitrogens is 3. The molecule has 0 radical (unpaired) electrons. The van der Waals surface area contributed by atoms with Gasteiger partial charge in [0.25, 0.3) is 0 Å². The normalized spacial score (nSPS) is 10.4. The zero-order valence-electron chi connectivity index (χ0n) is 17.3. The number of anilines is 2. The quantitative estimate of drug-likeness (QED) is 0.381. The SMILES string of the molecule is CN(C)c1ccc(-c2cn3cc(N(CC[S-])CC[N-]C(=O)C[S-])cnc3n2)cc1.[O]=[Tc+4]. The number of carbonyl (C=O) groups is 1. The Labute approximate surface area is 203 Å². The molecule has 0 bridgehead atoms. The van der Waals surface area contributed by atoms with Crippen molar-refractivity contribution in [1.29, 1.82) is 0 Å². The molecule has 0 aliphatic heterocycles. The third-order valence-corrected chi connectivity index (χ3v) is 4.91. The second-order valence-electron chi connectivity index (χ2n) is 6.70. The molecule has 0 N–H and O–H groups in total. The van der Waals surface area contributed by atoms with Crippen LogP contribution in [0.15, 0.2) is 42.9 Å². The van der Waals surface area contributed by atoms with Crippen molar-refractivity contribution < 1.29 is 27.2 Å². The Morgan fingerprint density at radius 1 is 1.10 bits per heavy atom. The molecule has 0 aliphatic rings. The zero-order chi connectivity index (χ0) is 22.8. The molecular formula is C20H23N6O2S2Tc+. The van der Waals surface area contributed by atoms with Gasteiger partial charge in [0.2, 0.25) is 5.78 Å². The van der Waals surface area contributed by atoms with Crippen molar-refractivity contribution in [2.24, 2.45) is 0 Å². The van der Waals surface area contributed by atoms with E-state index < -0.39 is 0 Å². The molecule has 0 unspecified atom stereocenters. The first-order valence-corrected chi connectivity index (χ1v) is 11.3. The van der Waals surface area contributed by atoms with Crippen LogP contribution in [-0.4, -0.2) is 65.5 Å². The van der Waals surface area contributed by atoms with E-state index in [2.05, 4.69) is 49.4 Å². The van der Waals surface area contributed by atoms with Gasteiger partial charge in [0.15, 0.2) is 0 Å². The molecule has 3 aromatic rings. The van der Waals surface area contributed by atoms with Crippen LogP contribution in [0.2, 0.25) is 0 Å². The summed E-state index contributed by atoms with van der Waals surface area (Å²) >= 11 is 10.8. The van der Waals surface area contributed by atoms with Gasteiger partial charge in [0, 0.05) is 50.2 Å². The molecule has 2 heterocycles. The van der Waals surface area contributed by atoms with E-state index in [9.17, 15) is 4.79 Å². The molecule has 1 amide bonds. The van der Waals surface area contributed by atoms with Crippen LogP contribution in [0.4, 0.5) is 11.4 Å². The van der Waals surface area contributed by atoms with Crippen molar-refractivity contribution in [3.05, 3.63) is 48.2 Å². The van der Waals surface area contributed by atoms with E-state index in [1.165, 1.54) is 0 Å². The molecule has 163 valence electrons. The van der Waals surface area contributed by atoms with Crippen LogP contribution in [0.25, 0.3) is 22.4 Å². The van der Waals surface area contributed by atoms with Gasteiger partial charge in [-0.3, -0.25) is 4.40 Å². The summed E-state index contributed by atoms with van der Waals surface area (Å²) < 4.78 is 10.1. The van der Waals surface area contributed by atoms with E-state index in [-0.39, 0.29) is 11.7 Å². The first-order chi connectivity index (χ1) is 15.0. The molecule has 0 saturated heterocycles. The van der Waals surface area contributed by atoms with Crippen molar-refractivity contribution in [2.75, 3.05) is 55.0 Å². The fraction of sp³-hybridized carbons (Fsp3) is 0.350. The minimum absolute atomic E-state index is 0.0158. The van der Waals surface area contributed by atoms with E-state index in [0.29, 0.717) is 31.2 Å². The summed E-state index contributed by atoms with van der Waals surface area (Å²) in [5.74, 6) is 0.957. The van der Waals surface area contributed by atoms with E-state index in [1.807, 2.05) is 30.9 Å². The van der Waals surface area contributed by atoms with Crippen LogP contribution in [0, 0.1) is 0 Å². The third kappa shape index (κ3) is 7.03. The maximum atomic E-state index is 11.3. The fourth-order valence-corrected chi connectivity index (χ4v) is 3.24. The summed E-state index contributed by atoms with van der Waals surface area (Å²) in [5.41, 5.74) is 3.94. The van der Waals surface area contributed by atoms with Gasteiger partial charge in [0.05, 0.1) is 17.6 Å². The Morgan fingerprint density at radius 3 is 2.42 bits per heavy atom. The van der Waals surface area contributed by atoms with Gasteiger partial charge >= 0.3 is 22.4 Å². The van der Waals surface area contributed by atoms with Gasteiger partial charge < -0.3 is 45.2 Å². The van der Waals surface area contributed by atoms with Crippen LogP contribution < -0.4 is 9.80 Å². The number of nitrogens with zero attached hydrogens (tertiary/aromatic N) is 6. The molecule has 2 aromatic heterocycles. The van der Waals surface area contributed by atoms with Crippen LogP contribution in [0.3, 0.4) is 0 Å². The van der Waals surface area contributed by atoms with Gasteiger partial charge in [-0.2, -0.15) is 5.75 Å². The second kappa shape index (κ2) is 12.8. The number of carbonyl (C=O) groups excluding carboxylic acids is 1. The standard InChI is InChI=1S/C20H26N6OS2.O.Tc/c1-24(2)16-5-3-15(4-6-16)18-13-26-12-17(11-22-20(26)23-18)25(9-10-28)8-7-21-19(27)14-29;;/h3-6,11-13H,7-10,14H2,1-2H3,(H3,21,27,28,29);;/q;;+4/p-3. The molecule has 11 heteroatoms. The number of hydrogen-bond donors (Lipinski definition) is 0. The molecule has 0 saturated carbocycles. The van der Waals surface area contributed by atoms with E-state index >= 15 is 0 Å². The molecule has 31 heavy (non-hydrogen) atoms. The predicted molar refractivity (Wildman–Crippen MR) is 123 cm³/mol. The Morgan fingerprint density at radius 2 is 1.81 bits per heavy atom. The summed E-state index contributed by atoms with van der Waals surface area (Å²) in [7, 11) is 4.03. The van der Waals surface area contributed by atoms with Crippen LogP contribution >= 0.6 is 0 Å². The van der Waals surface area contributed by atoms with E-state index in [0.717, 1.165) is 41.5 Å². The molecule has 0 aliphatic carbocycles. The van der Waals surface area contributed by atoms with Crippen molar-refractivity contribution in [1.82, 2.24) is 14.4 Å². The van der Waals surface area contributed by atoms with Crippen molar-refractivity contribution in [2.45, 2.75) is 0 Å². The van der Waals surface area contributed by atoms with Crippen molar-refractivity contribution in [3.63, 3.8) is 0 Å². The van der Waals surface area contributed by atoms with Crippen LogP contribution in [0.1, 0.15) is 0 Å². The zero-order valence-corrected chi connectivity index (χ0v) is 20.8. The topological polar surface area (TPSA) is 84.9 Å². The third-order valence-electron chi connectivity index (χ3n) is 4.48. The predicted octanol–water partition coefficient (Wildman–Crippen LogP) is 2.14. The maximum absolute atomic E-state index is 11.3. The first-order valence-electron chi connectivity index (χ1n) is 9.41. The van der Waals surface area contributed by atoms with Gasteiger partial charge in [-0.15, -0.1) is 12.3 Å². The molecule has 0 atom stereocenters. The van der Waals surface area contributed by atoms with Gasteiger partial charge in [-0.05, 0) is 18.7 Å². The molecular weight excluding hydrogens is 518 g/mol. The minimum atomic E-state index is -0.258. The summed E-state index contributed by atoms with van der Waals surface area (Å²) in [4.78, 5) is 24.6. The summed E-state index contributed by atoms with van der Waals surface area (Å²) in [6.07, 6.45) is 5.72. The second-order valence-corrected chi connectivity index (χ2v) is 7.39. The van der Waals surface area contributed by atoms with Crippen LogP contribution in [-0.2, 0) is 52.4 Å². The van der Waals surface area contributed by atoms with E-state index in [1.54, 1.807) is 6.20 Å². The number of rotatable bonds is 9. The monoisotopic (exact) mass is 540 g/mol. The van der Waals surface area contributed by atoms with Crippen molar-refractivity contribution >= 4 is 48.3 Å². The average Bonchev–Trinajstić information content (AvgIpc) is 3.23. The van der Waals surface area contributed by atoms with Gasteiger partial charge in [-0.25, -0.2) is 9.97 Å². The first kappa shape index (κ1) is 25.3. The van der Waals surface area contributed by atoms with Crippen LogP contribution in [0.5, 0.6) is 0 Å². The number of hydrogen-bond acceptors (Lipinski definition) is 8. The number of amides is 1. The molecule has 0 fully saturated rings. The molecule has 3 rings (SSSR count). The number of fused-ring (bicyclic) bond motifs is 1. The summed E-state index contributed by atoms with van der Waals surface area (Å²) in [6.45, 7) is 1.64.